The monoisotopic (exact) mass is 299 g/mol. The minimum atomic E-state index is 0.625. The van der Waals surface area contributed by atoms with Gasteiger partial charge in [-0.3, -0.25) is 0 Å². The molecule has 2 aromatic rings. The average Bonchev–Trinajstić information content (AvgIpc) is 2.57. The molecule has 0 aliphatic carbocycles. The van der Waals surface area contributed by atoms with Crippen molar-refractivity contribution in [1.29, 1.82) is 5.41 Å². The van der Waals surface area contributed by atoms with Crippen molar-refractivity contribution < 1.29 is 0 Å². The largest absolute Gasteiger partial charge is 0.317 e. The molecule has 0 aromatic heterocycles. The minimum absolute atomic E-state index is 0.625. The summed E-state index contributed by atoms with van der Waals surface area (Å²) in [6, 6.07) is 13.0. The average molecular weight is 300 g/mol. The zero-order chi connectivity index (χ0) is 17.2. The predicted molar refractivity (Wildman–Crippen MR) is 102 cm³/mol. The molecule has 0 amide bonds. The van der Waals surface area contributed by atoms with Gasteiger partial charge in [0.1, 0.15) is 0 Å². The number of rotatable bonds is 3. The molecule has 122 valence electrons. The van der Waals surface area contributed by atoms with Crippen molar-refractivity contribution in [3.8, 4) is 0 Å². The van der Waals surface area contributed by atoms with Crippen molar-refractivity contribution in [3.05, 3.63) is 47.5 Å². The van der Waals surface area contributed by atoms with Crippen LogP contribution in [0.5, 0.6) is 0 Å². The molecule has 0 spiro atoms. The normalized spacial score (nSPS) is 10.3. The molecule has 2 aromatic carbocycles. The second-order valence-electron chi connectivity index (χ2n) is 6.15. The first-order valence-electron chi connectivity index (χ1n) is 8.27. The number of benzene rings is 2. The Morgan fingerprint density at radius 2 is 1.14 bits per heavy atom. The van der Waals surface area contributed by atoms with Crippen LogP contribution in [0.4, 0.5) is 0 Å². The van der Waals surface area contributed by atoms with E-state index in [2.05, 4.69) is 84.7 Å². The van der Waals surface area contributed by atoms with Crippen LogP contribution in [0.3, 0.4) is 0 Å². The van der Waals surface area contributed by atoms with E-state index in [1.54, 1.807) is 0 Å². The van der Waals surface area contributed by atoms with E-state index in [1.165, 1.54) is 41.2 Å². The van der Waals surface area contributed by atoms with Gasteiger partial charge in [-0.25, -0.2) is 0 Å². The third-order valence-electron chi connectivity index (χ3n) is 4.92. The van der Waals surface area contributed by atoms with Gasteiger partial charge in [0.05, 0.1) is 0 Å². The number of nitrogens with one attached hydrogen (secondary N) is 1. The predicted octanol–water partition coefficient (Wildman–Crippen LogP) is 6.95. The van der Waals surface area contributed by atoms with E-state index >= 15 is 0 Å². The highest BCUT2D eigenvalue weighted by molar-refractivity contribution is 5.83. The summed E-state index contributed by atoms with van der Waals surface area (Å²) in [6.07, 6.45) is 3.96. The number of hydrogen-bond donors (Lipinski definition) is 1. The van der Waals surface area contributed by atoms with Gasteiger partial charge in [0, 0.05) is 0 Å². The van der Waals surface area contributed by atoms with E-state index in [9.17, 15) is 0 Å². The van der Waals surface area contributed by atoms with Gasteiger partial charge in [-0.1, -0.05) is 83.4 Å². The standard InChI is InChI=1S/C12H12.C8H18.CH3N/c1-9-7-11-5-3-4-6-12(11)8-10(9)2;1-5-8(4,6-2)7-3;1-2/h3-8H,1-2H3;5-7H2,1-4H3;2H,1H2. The molecule has 0 fully saturated rings. The zero-order valence-corrected chi connectivity index (χ0v) is 15.3. The van der Waals surface area contributed by atoms with Crippen LogP contribution in [0.1, 0.15) is 58.1 Å². The maximum absolute atomic E-state index is 5.50. The van der Waals surface area contributed by atoms with Gasteiger partial charge in [0.2, 0.25) is 0 Å². The molecule has 0 saturated heterocycles. The van der Waals surface area contributed by atoms with Gasteiger partial charge in [-0.2, -0.15) is 0 Å². The molecule has 22 heavy (non-hydrogen) atoms. The van der Waals surface area contributed by atoms with Crippen LogP contribution in [-0.4, -0.2) is 6.72 Å². The second kappa shape index (κ2) is 10.2. The van der Waals surface area contributed by atoms with Crippen molar-refractivity contribution in [1.82, 2.24) is 0 Å². The lowest BCUT2D eigenvalue weighted by atomic mass is 9.82. The van der Waals surface area contributed by atoms with Gasteiger partial charge in [0.25, 0.3) is 0 Å². The third kappa shape index (κ3) is 6.01. The molecule has 0 atom stereocenters. The SMILES string of the molecule is C=N.CCC(C)(CC)CC.Cc1cc2ccccc2cc1C. The van der Waals surface area contributed by atoms with Gasteiger partial charge >= 0.3 is 0 Å². The second-order valence-corrected chi connectivity index (χ2v) is 6.15. The fraction of sp³-hybridized carbons (Fsp3) is 0.476. The van der Waals surface area contributed by atoms with Crippen LogP contribution < -0.4 is 0 Å². The molecule has 0 aliphatic rings. The van der Waals surface area contributed by atoms with Crippen molar-refractivity contribution in [2.45, 2.75) is 60.8 Å². The van der Waals surface area contributed by atoms with E-state index in [1.807, 2.05) is 0 Å². The quantitative estimate of drug-likeness (QED) is 0.593. The van der Waals surface area contributed by atoms with Gasteiger partial charge in [-0.15, -0.1) is 0 Å². The summed E-state index contributed by atoms with van der Waals surface area (Å²) in [5.74, 6) is 0. The Hall–Kier alpha value is -1.63. The number of aryl methyl sites for hydroxylation is 2. The Balaban J connectivity index is 0.000000388. The van der Waals surface area contributed by atoms with E-state index in [0.717, 1.165) is 0 Å². The van der Waals surface area contributed by atoms with Crippen LogP contribution in [0.2, 0.25) is 0 Å². The lowest BCUT2D eigenvalue weighted by Crippen LogP contribution is -2.10. The van der Waals surface area contributed by atoms with Gasteiger partial charge in [-0.05, 0) is 47.9 Å². The lowest BCUT2D eigenvalue weighted by molar-refractivity contribution is 0.286. The van der Waals surface area contributed by atoms with Gasteiger partial charge in [0.15, 0.2) is 0 Å². The summed E-state index contributed by atoms with van der Waals surface area (Å²) < 4.78 is 0. The number of hydrogen-bond acceptors (Lipinski definition) is 1. The summed E-state index contributed by atoms with van der Waals surface area (Å²) in [7, 11) is 0. The fourth-order valence-corrected chi connectivity index (χ4v) is 2.22. The fourth-order valence-electron chi connectivity index (χ4n) is 2.22. The smallest absolute Gasteiger partial charge is 0.0181 e. The Labute approximate surface area is 137 Å². The summed E-state index contributed by atoms with van der Waals surface area (Å²) in [4.78, 5) is 0. The van der Waals surface area contributed by atoms with Crippen LogP contribution in [-0.2, 0) is 0 Å². The van der Waals surface area contributed by atoms with Crippen LogP contribution in [0.15, 0.2) is 36.4 Å². The van der Waals surface area contributed by atoms with E-state index in [4.69, 9.17) is 5.41 Å². The molecule has 1 N–H and O–H groups in total. The van der Waals surface area contributed by atoms with Crippen molar-refractivity contribution in [2.24, 2.45) is 5.41 Å². The Bertz CT molecular complexity index is 504. The molecule has 0 aliphatic heterocycles. The molecule has 0 radical (unpaired) electrons. The third-order valence-corrected chi connectivity index (χ3v) is 4.92. The maximum atomic E-state index is 5.50. The van der Waals surface area contributed by atoms with E-state index in [-0.39, 0.29) is 0 Å². The lowest BCUT2D eigenvalue weighted by Gasteiger charge is -2.23. The van der Waals surface area contributed by atoms with Crippen LogP contribution in [0, 0.1) is 24.7 Å². The minimum Gasteiger partial charge on any atom is -0.317 e. The summed E-state index contributed by atoms with van der Waals surface area (Å²) in [5, 5.41) is 8.17. The Morgan fingerprint density at radius 1 is 0.818 bits per heavy atom. The molecule has 0 heterocycles. The summed E-state index contributed by atoms with van der Waals surface area (Å²) in [5.41, 5.74) is 3.36. The zero-order valence-electron chi connectivity index (χ0n) is 15.3. The van der Waals surface area contributed by atoms with Crippen LogP contribution in [0.25, 0.3) is 10.8 Å². The summed E-state index contributed by atoms with van der Waals surface area (Å²) in [6.45, 7) is 16.0. The highest BCUT2D eigenvalue weighted by Gasteiger charge is 2.15. The highest BCUT2D eigenvalue weighted by atomic mass is 14.2. The first kappa shape index (κ1) is 20.4. The van der Waals surface area contributed by atoms with Crippen LogP contribution >= 0.6 is 0 Å². The number of fused-ring (bicyclic) bond motifs is 1. The van der Waals surface area contributed by atoms with E-state index in [0.29, 0.717) is 5.41 Å². The Kier molecular flexibility index (Phi) is 9.40. The molecular formula is C21H33N. The first-order chi connectivity index (χ1) is 10.5. The van der Waals surface area contributed by atoms with Crippen molar-refractivity contribution >= 4 is 17.5 Å². The maximum Gasteiger partial charge on any atom is -0.0181 e. The van der Waals surface area contributed by atoms with E-state index < -0.39 is 0 Å². The molecular weight excluding hydrogens is 266 g/mol. The molecule has 2 rings (SSSR count). The molecule has 0 unspecified atom stereocenters. The first-order valence-corrected chi connectivity index (χ1v) is 8.27. The van der Waals surface area contributed by atoms with Crippen molar-refractivity contribution in [2.75, 3.05) is 0 Å². The molecule has 1 nitrogen and oxygen atoms in total. The topological polar surface area (TPSA) is 23.9 Å². The summed E-state index contributed by atoms with van der Waals surface area (Å²) >= 11 is 0. The molecule has 0 bridgehead atoms. The molecule has 1 heteroatoms. The Morgan fingerprint density at radius 3 is 1.36 bits per heavy atom. The van der Waals surface area contributed by atoms with Crippen molar-refractivity contribution in [3.63, 3.8) is 0 Å². The molecule has 0 saturated carbocycles. The van der Waals surface area contributed by atoms with Gasteiger partial charge < -0.3 is 5.41 Å². The highest BCUT2D eigenvalue weighted by Crippen LogP contribution is 2.28.